The Labute approximate surface area is 269 Å². The van der Waals surface area contributed by atoms with Crippen LogP contribution in [0.5, 0.6) is 5.75 Å². The second-order valence-corrected chi connectivity index (χ2v) is 12.0. The first-order chi connectivity index (χ1) is 22.3. The molecular weight excluding hydrogens is 584 g/mol. The van der Waals surface area contributed by atoms with Gasteiger partial charge < -0.3 is 30.3 Å². The number of aryl methyl sites for hydroxylation is 1. The van der Waals surface area contributed by atoms with Crippen molar-refractivity contribution in [2.45, 2.75) is 70.6 Å². The maximum absolute atomic E-state index is 13.4. The third-order valence-corrected chi connectivity index (χ3v) is 8.77. The van der Waals surface area contributed by atoms with Gasteiger partial charge in [0.1, 0.15) is 18.4 Å². The van der Waals surface area contributed by atoms with Crippen LogP contribution in [-0.2, 0) is 32.1 Å². The Hall–Kier alpha value is -4.86. The van der Waals surface area contributed by atoms with E-state index in [1.807, 2.05) is 61.5 Å². The number of benzene rings is 3. The lowest BCUT2D eigenvalue weighted by molar-refractivity contribution is -0.151. The van der Waals surface area contributed by atoms with Crippen molar-refractivity contribution in [3.8, 4) is 5.75 Å². The molecule has 46 heavy (non-hydrogen) atoms. The Balaban J connectivity index is 1.10. The molecule has 5 rings (SSSR count). The number of carbonyl (C=O) groups excluding carboxylic acids is 4. The zero-order valence-corrected chi connectivity index (χ0v) is 26.4. The number of amides is 4. The third kappa shape index (κ3) is 8.44. The van der Waals surface area contributed by atoms with Gasteiger partial charge in [-0.25, -0.2) is 4.79 Å². The number of carbonyl (C=O) groups is 4. The molecule has 1 saturated carbocycles. The summed E-state index contributed by atoms with van der Waals surface area (Å²) in [5.74, 6) is -0.199. The van der Waals surface area contributed by atoms with Crippen molar-refractivity contribution in [2.75, 3.05) is 24.3 Å². The maximum atomic E-state index is 13.4. The van der Waals surface area contributed by atoms with Gasteiger partial charge in [0.25, 0.3) is 0 Å². The van der Waals surface area contributed by atoms with Gasteiger partial charge >= 0.3 is 12.0 Å². The molecule has 1 aliphatic carbocycles. The van der Waals surface area contributed by atoms with Crippen molar-refractivity contribution in [1.82, 2.24) is 10.2 Å². The fourth-order valence-corrected chi connectivity index (χ4v) is 6.17. The van der Waals surface area contributed by atoms with E-state index < -0.39 is 12.1 Å². The molecule has 10 nitrogen and oxygen atoms in total. The number of urea groups is 1. The summed E-state index contributed by atoms with van der Waals surface area (Å²) in [6, 6.07) is 21.4. The summed E-state index contributed by atoms with van der Waals surface area (Å²) in [7, 11) is 1.51. The average Bonchev–Trinajstić information content (AvgIpc) is 3.57. The Kier molecular flexibility index (Phi) is 10.9. The van der Waals surface area contributed by atoms with Crippen LogP contribution in [0.2, 0.25) is 0 Å². The molecule has 1 unspecified atom stereocenters. The molecule has 4 amide bonds. The van der Waals surface area contributed by atoms with Crippen LogP contribution in [-0.4, -0.2) is 54.5 Å². The molecule has 2 fully saturated rings. The maximum Gasteiger partial charge on any atom is 0.323 e. The van der Waals surface area contributed by atoms with Crippen LogP contribution in [0.4, 0.5) is 16.2 Å². The number of likely N-dealkylation sites (tertiary alicyclic amines) is 1. The lowest BCUT2D eigenvalue weighted by Crippen LogP contribution is -2.50. The number of ether oxygens (including phenoxy) is 2. The Bertz CT molecular complexity index is 1540. The van der Waals surface area contributed by atoms with E-state index in [0.717, 1.165) is 23.1 Å². The number of esters is 1. The Morgan fingerprint density at radius 3 is 2.28 bits per heavy atom. The summed E-state index contributed by atoms with van der Waals surface area (Å²) in [6.07, 6.45) is 4.18. The van der Waals surface area contributed by atoms with E-state index in [-0.39, 0.29) is 42.8 Å². The lowest BCUT2D eigenvalue weighted by Gasteiger charge is -2.30. The second kappa shape index (κ2) is 15.4. The molecule has 3 aromatic carbocycles. The van der Waals surface area contributed by atoms with Gasteiger partial charge in [0.15, 0.2) is 0 Å². The van der Waals surface area contributed by atoms with Gasteiger partial charge in [-0.2, -0.15) is 0 Å². The molecule has 3 N–H and O–H groups in total. The minimum absolute atomic E-state index is 0.0319. The van der Waals surface area contributed by atoms with Crippen molar-refractivity contribution in [3.63, 3.8) is 0 Å². The normalized spacial score (nSPS) is 19.2. The largest absolute Gasteiger partial charge is 0.495 e. The molecule has 2 aliphatic rings. The molecule has 1 aliphatic heterocycles. The smallest absolute Gasteiger partial charge is 0.323 e. The summed E-state index contributed by atoms with van der Waals surface area (Å²) in [5, 5.41) is 8.78. The SMILES string of the molecule is COc1cc(CC(=O)N2CCCC2C(=O)NC2CCC(C(=O)OCc3ccccc3)CC2)ccc1NC(=O)Nc1ccccc1C. The Morgan fingerprint density at radius 1 is 0.826 bits per heavy atom. The fourth-order valence-electron chi connectivity index (χ4n) is 6.17. The molecule has 1 heterocycles. The zero-order chi connectivity index (χ0) is 32.5. The van der Waals surface area contributed by atoms with E-state index in [0.29, 0.717) is 55.8 Å². The van der Waals surface area contributed by atoms with Gasteiger partial charge in [-0.05, 0) is 80.3 Å². The van der Waals surface area contributed by atoms with Crippen LogP contribution in [0.3, 0.4) is 0 Å². The van der Waals surface area contributed by atoms with Gasteiger partial charge in [-0.1, -0.05) is 54.6 Å². The molecule has 0 spiro atoms. The third-order valence-electron chi connectivity index (χ3n) is 8.77. The van der Waals surface area contributed by atoms with E-state index in [2.05, 4.69) is 16.0 Å². The molecule has 0 bridgehead atoms. The van der Waals surface area contributed by atoms with Gasteiger partial charge in [-0.15, -0.1) is 0 Å². The standard InChI is InChI=1S/C36H42N4O6/c1-24-9-6-7-12-29(24)38-36(44)39-30-19-14-26(21-32(30)45-2)22-33(41)40-20-8-13-31(40)34(42)37-28-17-15-27(16-18-28)35(43)46-23-25-10-4-3-5-11-25/h3-7,9-12,14,19,21,27-28,31H,8,13,15-18,20,22-23H2,1-2H3,(H,37,42)(H2,38,39,44). The summed E-state index contributed by atoms with van der Waals surface area (Å²) in [5.41, 5.74) is 3.80. The van der Waals surface area contributed by atoms with Crippen molar-refractivity contribution in [2.24, 2.45) is 5.92 Å². The quantitative estimate of drug-likeness (QED) is 0.252. The first-order valence-corrected chi connectivity index (χ1v) is 15.9. The highest BCUT2D eigenvalue weighted by Crippen LogP contribution is 2.29. The zero-order valence-electron chi connectivity index (χ0n) is 26.4. The van der Waals surface area contributed by atoms with E-state index in [1.165, 1.54) is 7.11 Å². The molecule has 242 valence electrons. The van der Waals surface area contributed by atoms with Gasteiger partial charge in [-0.3, -0.25) is 14.4 Å². The lowest BCUT2D eigenvalue weighted by atomic mass is 9.86. The molecule has 10 heteroatoms. The van der Waals surface area contributed by atoms with Crippen LogP contribution in [0.1, 0.15) is 55.2 Å². The molecule has 1 atom stereocenters. The van der Waals surface area contributed by atoms with Crippen LogP contribution in [0.25, 0.3) is 0 Å². The van der Waals surface area contributed by atoms with Crippen LogP contribution in [0, 0.1) is 12.8 Å². The number of hydrogen-bond donors (Lipinski definition) is 3. The number of nitrogens with one attached hydrogen (secondary N) is 3. The molecule has 0 radical (unpaired) electrons. The van der Waals surface area contributed by atoms with Crippen molar-refractivity contribution < 1.29 is 28.7 Å². The predicted octanol–water partition coefficient (Wildman–Crippen LogP) is 5.60. The second-order valence-electron chi connectivity index (χ2n) is 12.0. The van der Waals surface area contributed by atoms with E-state index in [9.17, 15) is 19.2 Å². The number of para-hydroxylation sites is 1. The monoisotopic (exact) mass is 626 g/mol. The minimum atomic E-state index is -0.519. The molecular formula is C36H42N4O6. The average molecular weight is 627 g/mol. The molecule has 1 saturated heterocycles. The summed E-state index contributed by atoms with van der Waals surface area (Å²) in [4.78, 5) is 53.5. The van der Waals surface area contributed by atoms with E-state index in [4.69, 9.17) is 9.47 Å². The molecule has 3 aromatic rings. The van der Waals surface area contributed by atoms with Gasteiger partial charge in [0.2, 0.25) is 11.8 Å². The topological polar surface area (TPSA) is 126 Å². The van der Waals surface area contributed by atoms with Crippen LogP contribution >= 0.6 is 0 Å². The highest BCUT2D eigenvalue weighted by atomic mass is 16.5. The number of nitrogens with zero attached hydrogens (tertiary/aromatic N) is 1. The molecule has 0 aromatic heterocycles. The predicted molar refractivity (Wildman–Crippen MR) is 175 cm³/mol. The van der Waals surface area contributed by atoms with Crippen molar-refractivity contribution in [3.05, 3.63) is 89.5 Å². The van der Waals surface area contributed by atoms with Crippen molar-refractivity contribution >= 4 is 35.2 Å². The highest BCUT2D eigenvalue weighted by molar-refractivity contribution is 6.01. The van der Waals surface area contributed by atoms with Gasteiger partial charge in [0.05, 0.1) is 25.1 Å². The number of methoxy groups -OCH3 is 1. The van der Waals surface area contributed by atoms with Crippen LogP contribution in [0.15, 0.2) is 72.8 Å². The van der Waals surface area contributed by atoms with Crippen molar-refractivity contribution in [1.29, 1.82) is 0 Å². The highest BCUT2D eigenvalue weighted by Gasteiger charge is 2.36. The van der Waals surface area contributed by atoms with Gasteiger partial charge in [0, 0.05) is 18.3 Å². The van der Waals surface area contributed by atoms with E-state index >= 15 is 0 Å². The summed E-state index contributed by atoms with van der Waals surface area (Å²) < 4.78 is 11.0. The first-order valence-electron chi connectivity index (χ1n) is 15.9. The number of anilines is 2. The van der Waals surface area contributed by atoms with E-state index in [1.54, 1.807) is 23.1 Å². The Morgan fingerprint density at radius 2 is 1.54 bits per heavy atom. The number of hydrogen-bond acceptors (Lipinski definition) is 6. The first kappa shape index (κ1) is 32.5. The fraction of sp³-hybridized carbons (Fsp3) is 0.389. The summed E-state index contributed by atoms with van der Waals surface area (Å²) in [6.45, 7) is 2.70. The minimum Gasteiger partial charge on any atom is -0.495 e. The van der Waals surface area contributed by atoms with Crippen LogP contribution < -0.4 is 20.7 Å². The summed E-state index contributed by atoms with van der Waals surface area (Å²) >= 11 is 0. The number of rotatable bonds is 10.